The number of hydrogen-bond acceptors (Lipinski definition) is 5. The molecule has 0 unspecified atom stereocenters. The zero-order valence-electron chi connectivity index (χ0n) is 13.1. The number of carbonyl (C=O) groups excluding carboxylic acids is 1. The Morgan fingerprint density at radius 3 is 2.81 bits per heavy atom. The van der Waals surface area contributed by atoms with Crippen LogP contribution >= 0.6 is 11.3 Å². The average Bonchev–Trinajstić information content (AvgIpc) is 3.07. The van der Waals surface area contributed by atoms with Gasteiger partial charge >= 0.3 is 5.97 Å². The molecule has 0 spiro atoms. The monoisotopic (exact) mass is 307 g/mol. The molecule has 0 bridgehead atoms. The van der Waals surface area contributed by atoms with Gasteiger partial charge in [0, 0.05) is 11.4 Å². The molecule has 0 radical (unpaired) electrons. The van der Waals surface area contributed by atoms with Crippen molar-refractivity contribution in [2.45, 2.75) is 46.1 Å². The van der Waals surface area contributed by atoms with Crippen LogP contribution in [-0.4, -0.2) is 27.1 Å². The summed E-state index contributed by atoms with van der Waals surface area (Å²) in [5, 5.41) is 2.79. The van der Waals surface area contributed by atoms with Gasteiger partial charge in [-0.15, -0.1) is 11.3 Å². The summed E-state index contributed by atoms with van der Waals surface area (Å²) in [7, 11) is 0. The van der Waals surface area contributed by atoms with Crippen LogP contribution in [0.1, 0.15) is 46.4 Å². The van der Waals surface area contributed by atoms with Gasteiger partial charge in [0.2, 0.25) is 0 Å². The van der Waals surface area contributed by atoms with Crippen molar-refractivity contribution < 1.29 is 9.53 Å². The Bertz CT molecular complexity index is 628. The third kappa shape index (κ3) is 3.00. The number of rotatable bonds is 5. The van der Waals surface area contributed by atoms with Gasteiger partial charge in [0.05, 0.1) is 30.5 Å². The van der Waals surface area contributed by atoms with Crippen LogP contribution < -0.4 is 0 Å². The van der Waals surface area contributed by atoms with E-state index in [0.717, 1.165) is 16.4 Å². The van der Waals surface area contributed by atoms with Crippen molar-refractivity contribution in [2.24, 2.45) is 0 Å². The molecule has 5 nitrogen and oxygen atoms in total. The molecule has 0 aliphatic heterocycles. The Morgan fingerprint density at radius 1 is 1.48 bits per heavy atom. The highest BCUT2D eigenvalue weighted by molar-refractivity contribution is 7.13. The highest BCUT2D eigenvalue weighted by Crippen LogP contribution is 2.31. The third-order valence-electron chi connectivity index (χ3n) is 3.37. The molecule has 21 heavy (non-hydrogen) atoms. The van der Waals surface area contributed by atoms with E-state index < -0.39 is 5.41 Å². The molecule has 0 N–H and O–H groups in total. The summed E-state index contributed by atoms with van der Waals surface area (Å²) < 4.78 is 7.20. The van der Waals surface area contributed by atoms with E-state index in [0.29, 0.717) is 12.6 Å². The maximum Gasteiger partial charge on any atom is 0.317 e. The molecule has 2 aromatic rings. The SMILES string of the molecule is CCOC(=O)C(C)(C)c1csc(-c2cncn2C(C)C)n1. The van der Waals surface area contributed by atoms with Gasteiger partial charge in [0.15, 0.2) is 0 Å². The number of thiazole rings is 1. The summed E-state index contributed by atoms with van der Waals surface area (Å²) in [6.45, 7) is 10.1. The molecule has 0 amide bonds. The Morgan fingerprint density at radius 2 is 2.19 bits per heavy atom. The van der Waals surface area contributed by atoms with E-state index in [2.05, 4.69) is 28.4 Å². The lowest BCUT2D eigenvalue weighted by Gasteiger charge is -2.19. The Labute approximate surface area is 129 Å². The fourth-order valence-corrected chi connectivity index (χ4v) is 2.98. The molecular formula is C15H21N3O2S. The van der Waals surface area contributed by atoms with E-state index in [1.807, 2.05) is 26.2 Å². The third-order valence-corrected chi connectivity index (χ3v) is 4.24. The number of esters is 1. The van der Waals surface area contributed by atoms with E-state index in [9.17, 15) is 4.79 Å². The summed E-state index contributed by atoms with van der Waals surface area (Å²) in [5.41, 5.74) is 0.964. The first kappa shape index (κ1) is 15.7. The zero-order chi connectivity index (χ0) is 15.6. The lowest BCUT2D eigenvalue weighted by Crippen LogP contribution is -2.31. The van der Waals surface area contributed by atoms with Gasteiger partial charge in [-0.3, -0.25) is 4.79 Å². The Balaban J connectivity index is 2.34. The number of hydrogen-bond donors (Lipinski definition) is 0. The van der Waals surface area contributed by atoms with Gasteiger partial charge in [-0.1, -0.05) is 0 Å². The molecule has 0 aromatic carbocycles. The van der Waals surface area contributed by atoms with Crippen LogP contribution in [0.5, 0.6) is 0 Å². The van der Waals surface area contributed by atoms with Crippen LogP contribution in [0, 0.1) is 0 Å². The lowest BCUT2D eigenvalue weighted by molar-refractivity contribution is -0.148. The minimum atomic E-state index is -0.743. The van der Waals surface area contributed by atoms with Crippen molar-refractivity contribution in [2.75, 3.05) is 6.61 Å². The topological polar surface area (TPSA) is 57.0 Å². The number of nitrogens with zero attached hydrogens (tertiary/aromatic N) is 3. The predicted octanol–water partition coefficient (Wildman–Crippen LogP) is 3.43. The second kappa shape index (κ2) is 5.97. The van der Waals surface area contributed by atoms with E-state index in [1.54, 1.807) is 12.5 Å². The lowest BCUT2D eigenvalue weighted by atomic mass is 9.90. The smallest absolute Gasteiger partial charge is 0.317 e. The quantitative estimate of drug-likeness (QED) is 0.794. The molecule has 0 atom stereocenters. The van der Waals surface area contributed by atoms with Crippen LogP contribution in [-0.2, 0) is 14.9 Å². The first-order valence-electron chi connectivity index (χ1n) is 7.03. The second-order valence-corrected chi connectivity index (χ2v) is 6.52. The zero-order valence-corrected chi connectivity index (χ0v) is 13.9. The Kier molecular flexibility index (Phi) is 4.46. The Hall–Kier alpha value is -1.69. The van der Waals surface area contributed by atoms with Gasteiger partial charge < -0.3 is 9.30 Å². The fourth-order valence-electron chi connectivity index (χ4n) is 1.98. The highest BCUT2D eigenvalue weighted by atomic mass is 32.1. The molecule has 2 heterocycles. The first-order chi connectivity index (χ1) is 9.87. The van der Waals surface area contributed by atoms with Crippen LogP contribution in [0.25, 0.3) is 10.7 Å². The summed E-state index contributed by atoms with van der Waals surface area (Å²) in [5.74, 6) is -0.251. The van der Waals surface area contributed by atoms with Crippen molar-refractivity contribution in [3.8, 4) is 10.7 Å². The summed E-state index contributed by atoms with van der Waals surface area (Å²) in [6.07, 6.45) is 3.61. The predicted molar refractivity (Wildman–Crippen MR) is 83.4 cm³/mol. The van der Waals surface area contributed by atoms with Gasteiger partial charge in [-0.25, -0.2) is 9.97 Å². The average molecular weight is 307 g/mol. The van der Waals surface area contributed by atoms with Gasteiger partial charge in [-0.2, -0.15) is 0 Å². The van der Waals surface area contributed by atoms with E-state index in [4.69, 9.17) is 4.74 Å². The minimum absolute atomic E-state index is 0.251. The molecular weight excluding hydrogens is 286 g/mol. The first-order valence-corrected chi connectivity index (χ1v) is 7.91. The summed E-state index contributed by atoms with van der Waals surface area (Å²) in [6, 6.07) is 0.313. The van der Waals surface area contributed by atoms with E-state index in [1.165, 1.54) is 11.3 Å². The molecule has 114 valence electrons. The van der Waals surface area contributed by atoms with Gasteiger partial charge in [-0.05, 0) is 34.6 Å². The number of carbonyl (C=O) groups is 1. The van der Waals surface area contributed by atoms with Gasteiger partial charge in [0.1, 0.15) is 10.4 Å². The van der Waals surface area contributed by atoms with E-state index >= 15 is 0 Å². The summed E-state index contributed by atoms with van der Waals surface area (Å²) >= 11 is 1.52. The molecule has 6 heteroatoms. The molecule has 0 saturated heterocycles. The largest absolute Gasteiger partial charge is 0.465 e. The highest BCUT2D eigenvalue weighted by Gasteiger charge is 2.34. The van der Waals surface area contributed by atoms with Crippen LogP contribution in [0.3, 0.4) is 0 Å². The van der Waals surface area contributed by atoms with Gasteiger partial charge in [0.25, 0.3) is 0 Å². The molecule has 0 saturated carbocycles. The van der Waals surface area contributed by atoms with Crippen molar-refractivity contribution in [3.63, 3.8) is 0 Å². The normalized spacial score (nSPS) is 11.9. The van der Waals surface area contributed by atoms with Crippen molar-refractivity contribution in [3.05, 3.63) is 23.6 Å². The minimum Gasteiger partial charge on any atom is -0.465 e. The van der Waals surface area contributed by atoms with Crippen LogP contribution in [0.2, 0.25) is 0 Å². The fraction of sp³-hybridized carbons (Fsp3) is 0.533. The summed E-state index contributed by atoms with van der Waals surface area (Å²) in [4.78, 5) is 20.9. The number of aromatic nitrogens is 3. The van der Waals surface area contributed by atoms with Crippen molar-refractivity contribution >= 4 is 17.3 Å². The maximum absolute atomic E-state index is 12.1. The van der Waals surface area contributed by atoms with Crippen molar-refractivity contribution in [1.29, 1.82) is 0 Å². The van der Waals surface area contributed by atoms with Crippen LogP contribution in [0.15, 0.2) is 17.9 Å². The maximum atomic E-state index is 12.1. The molecule has 2 rings (SSSR count). The van der Waals surface area contributed by atoms with Crippen LogP contribution in [0.4, 0.5) is 0 Å². The standard InChI is InChI=1S/C15H21N3O2S/c1-6-20-14(19)15(4,5)12-8-21-13(17-12)11-7-16-9-18(11)10(2)3/h7-10H,6H2,1-5H3. The molecule has 0 fully saturated rings. The number of ether oxygens (including phenoxy) is 1. The van der Waals surface area contributed by atoms with E-state index in [-0.39, 0.29) is 5.97 Å². The molecule has 0 aliphatic carbocycles. The molecule has 0 aliphatic rings. The second-order valence-electron chi connectivity index (χ2n) is 5.66. The van der Waals surface area contributed by atoms with Crippen molar-refractivity contribution in [1.82, 2.24) is 14.5 Å². The molecule has 2 aromatic heterocycles. The number of imidazole rings is 1.